The molecule has 0 radical (unpaired) electrons. The lowest BCUT2D eigenvalue weighted by molar-refractivity contribution is -0.146. The van der Waals surface area contributed by atoms with Crippen LogP contribution in [0.25, 0.3) is 0 Å². The van der Waals surface area contributed by atoms with Crippen LogP contribution in [0.2, 0.25) is 5.02 Å². The molecule has 0 unspecified atom stereocenters. The fourth-order valence-electron chi connectivity index (χ4n) is 1.49. The smallest absolute Gasteiger partial charge is 0.325 e. The van der Waals surface area contributed by atoms with Crippen LogP contribution in [0.1, 0.15) is 12.5 Å². The Morgan fingerprint density at radius 1 is 1.28 bits per heavy atom. The zero-order chi connectivity index (χ0) is 13.5. The molecule has 0 atom stereocenters. The summed E-state index contributed by atoms with van der Waals surface area (Å²) in [4.78, 5) is 24.6. The first-order valence-electron chi connectivity index (χ1n) is 5.65. The van der Waals surface area contributed by atoms with Crippen molar-refractivity contribution < 1.29 is 14.3 Å². The maximum atomic E-state index is 12.0. The number of hydrogen-bond donors (Lipinski definition) is 0. The van der Waals surface area contributed by atoms with E-state index >= 15 is 0 Å². The third-order valence-corrected chi connectivity index (χ3v) is 2.80. The van der Waals surface area contributed by atoms with Crippen molar-refractivity contribution in [2.24, 2.45) is 0 Å². The topological polar surface area (TPSA) is 46.6 Å². The first kappa shape index (κ1) is 14.5. The quantitative estimate of drug-likeness (QED) is 0.767. The zero-order valence-corrected chi connectivity index (χ0v) is 11.2. The molecule has 1 aromatic rings. The van der Waals surface area contributed by atoms with Crippen LogP contribution in [0.4, 0.5) is 0 Å². The molecule has 4 nitrogen and oxygen atoms in total. The van der Waals surface area contributed by atoms with Crippen LogP contribution in [0.5, 0.6) is 0 Å². The van der Waals surface area contributed by atoms with Crippen molar-refractivity contribution >= 4 is 23.5 Å². The fourth-order valence-corrected chi connectivity index (χ4v) is 1.61. The number of halogens is 1. The molecule has 0 aliphatic heterocycles. The van der Waals surface area contributed by atoms with Gasteiger partial charge in [0.25, 0.3) is 0 Å². The van der Waals surface area contributed by atoms with E-state index in [9.17, 15) is 9.59 Å². The SMILES string of the molecule is CCN(CC(=O)OC)C(=O)Cc1ccc(Cl)cc1. The third-order valence-electron chi connectivity index (χ3n) is 2.55. The largest absolute Gasteiger partial charge is 0.468 e. The van der Waals surface area contributed by atoms with Gasteiger partial charge in [0.15, 0.2) is 0 Å². The summed E-state index contributed by atoms with van der Waals surface area (Å²) in [6.45, 7) is 2.28. The van der Waals surface area contributed by atoms with Crippen LogP contribution in [-0.2, 0) is 20.7 Å². The standard InChI is InChI=1S/C13H16ClNO3/c1-3-15(9-13(17)18-2)12(16)8-10-4-6-11(14)7-5-10/h4-7H,3,8-9H2,1-2H3. The van der Waals surface area contributed by atoms with Crippen molar-refractivity contribution in [1.82, 2.24) is 4.90 Å². The van der Waals surface area contributed by atoms with Gasteiger partial charge in [0.1, 0.15) is 6.54 Å². The molecule has 0 bridgehead atoms. The van der Waals surface area contributed by atoms with Crippen LogP contribution >= 0.6 is 11.6 Å². The molecule has 0 aliphatic rings. The van der Waals surface area contributed by atoms with Crippen LogP contribution in [0.3, 0.4) is 0 Å². The molecule has 0 aromatic heterocycles. The maximum Gasteiger partial charge on any atom is 0.325 e. The summed E-state index contributed by atoms with van der Waals surface area (Å²) >= 11 is 5.77. The molecule has 0 heterocycles. The number of carbonyl (C=O) groups excluding carboxylic acids is 2. The number of likely N-dealkylation sites (N-methyl/N-ethyl adjacent to an activating group) is 1. The molecular formula is C13H16ClNO3. The Balaban J connectivity index is 2.62. The minimum Gasteiger partial charge on any atom is -0.468 e. The van der Waals surface area contributed by atoms with Gasteiger partial charge in [-0.3, -0.25) is 9.59 Å². The zero-order valence-electron chi connectivity index (χ0n) is 10.5. The van der Waals surface area contributed by atoms with Crippen molar-refractivity contribution in [2.75, 3.05) is 20.2 Å². The van der Waals surface area contributed by atoms with Gasteiger partial charge in [-0.15, -0.1) is 0 Å². The number of carbonyl (C=O) groups is 2. The number of benzene rings is 1. The monoisotopic (exact) mass is 269 g/mol. The molecule has 0 saturated heterocycles. The molecule has 5 heteroatoms. The minimum absolute atomic E-state index is 0.0145. The molecule has 0 N–H and O–H groups in total. The normalized spacial score (nSPS) is 9.94. The second-order valence-electron chi connectivity index (χ2n) is 3.79. The van der Waals surface area contributed by atoms with Crippen LogP contribution in [-0.4, -0.2) is 37.0 Å². The molecule has 0 saturated carbocycles. The summed E-state index contributed by atoms with van der Waals surface area (Å²) in [7, 11) is 1.31. The number of amides is 1. The number of esters is 1. The number of methoxy groups -OCH3 is 1. The van der Waals surface area contributed by atoms with Gasteiger partial charge < -0.3 is 9.64 Å². The molecule has 1 aromatic carbocycles. The lowest BCUT2D eigenvalue weighted by Crippen LogP contribution is -2.36. The summed E-state index contributed by atoms with van der Waals surface area (Å²) in [6.07, 6.45) is 0.252. The van der Waals surface area contributed by atoms with E-state index in [1.807, 2.05) is 6.92 Å². The average molecular weight is 270 g/mol. The van der Waals surface area contributed by atoms with Gasteiger partial charge in [-0.1, -0.05) is 23.7 Å². The van der Waals surface area contributed by atoms with Gasteiger partial charge in [-0.05, 0) is 24.6 Å². The second kappa shape index (κ2) is 7.01. The van der Waals surface area contributed by atoms with E-state index in [-0.39, 0.29) is 18.9 Å². The second-order valence-corrected chi connectivity index (χ2v) is 4.22. The summed E-state index contributed by atoms with van der Waals surface area (Å²) < 4.78 is 4.55. The van der Waals surface area contributed by atoms with Crippen molar-refractivity contribution in [1.29, 1.82) is 0 Å². The van der Waals surface area contributed by atoms with Crippen LogP contribution in [0.15, 0.2) is 24.3 Å². The van der Waals surface area contributed by atoms with E-state index in [2.05, 4.69) is 4.74 Å². The summed E-state index contributed by atoms with van der Waals surface area (Å²) in [5.41, 5.74) is 0.868. The molecule has 18 heavy (non-hydrogen) atoms. The summed E-state index contributed by atoms with van der Waals surface area (Å²) in [5, 5.41) is 0.633. The lowest BCUT2D eigenvalue weighted by atomic mass is 10.1. The van der Waals surface area contributed by atoms with Gasteiger partial charge in [-0.2, -0.15) is 0 Å². The molecule has 0 fully saturated rings. The van der Waals surface area contributed by atoms with E-state index < -0.39 is 5.97 Å². The van der Waals surface area contributed by atoms with Gasteiger partial charge in [-0.25, -0.2) is 0 Å². The molecule has 0 aliphatic carbocycles. The first-order chi connectivity index (χ1) is 8.56. The number of nitrogens with zero attached hydrogens (tertiary/aromatic N) is 1. The fraction of sp³-hybridized carbons (Fsp3) is 0.385. The van der Waals surface area contributed by atoms with Crippen LogP contribution in [0, 0.1) is 0 Å². The van der Waals surface area contributed by atoms with Crippen molar-refractivity contribution in [3.8, 4) is 0 Å². The predicted molar refractivity (Wildman–Crippen MR) is 69.4 cm³/mol. The van der Waals surface area contributed by atoms with Gasteiger partial charge in [0.05, 0.1) is 13.5 Å². The van der Waals surface area contributed by atoms with Crippen molar-refractivity contribution in [3.63, 3.8) is 0 Å². The van der Waals surface area contributed by atoms with E-state index in [1.54, 1.807) is 24.3 Å². The summed E-state index contributed by atoms with van der Waals surface area (Å²) in [5.74, 6) is -0.522. The maximum absolute atomic E-state index is 12.0. The van der Waals surface area contributed by atoms with Crippen LogP contribution < -0.4 is 0 Å². The van der Waals surface area contributed by atoms with E-state index in [0.29, 0.717) is 11.6 Å². The number of hydrogen-bond acceptors (Lipinski definition) is 3. The number of ether oxygens (including phenoxy) is 1. The van der Waals surface area contributed by atoms with E-state index in [4.69, 9.17) is 11.6 Å². The van der Waals surface area contributed by atoms with Gasteiger partial charge in [0.2, 0.25) is 5.91 Å². The van der Waals surface area contributed by atoms with Gasteiger partial charge in [0, 0.05) is 11.6 Å². The Labute approximate surface area is 111 Å². The Morgan fingerprint density at radius 2 is 1.89 bits per heavy atom. The molecule has 1 amide bonds. The highest BCUT2D eigenvalue weighted by molar-refractivity contribution is 6.30. The third kappa shape index (κ3) is 4.37. The van der Waals surface area contributed by atoms with E-state index in [0.717, 1.165) is 5.56 Å². The molecular weight excluding hydrogens is 254 g/mol. The predicted octanol–water partition coefficient (Wildman–Crippen LogP) is 1.90. The highest BCUT2D eigenvalue weighted by Gasteiger charge is 2.15. The van der Waals surface area contributed by atoms with Gasteiger partial charge >= 0.3 is 5.97 Å². The Hall–Kier alpha value is -1.55. The minimum atomic E-state index is -0.415. The average Bonchev–Trinajstić information content (AvgIpc) is 2.38. The molecule has 98 valence electrons. The summed E-state index contributed by atoms with van der Waals surface area (Å²) in [6, 6.07) is 7.07. The van der Waals surface area contributed by atoms with Crippen molar-refractivity contribution in [2.45, 2.75) is 13.3 Å². The highest BCUT2D eigenvalue weighted by atomic mass is 35.5. The Bertz CT molecular complexity index is 417. The van der Waals surface area contributed by atoms with Crippen molar-refractivity contribution in [3.05, 3.63) is 34.9 Å². The molecule has 0 spiro atoms. The highest BCUT2D eigenvalue weighted by Crippen LogP contribution is 2.10. The Kier molecular flexibility index (Phi) is 5.65. The number of rotatable bonds is 5. The molecule has 1 rings (SSSR count). The Morgan fingerprint density at radius 3 is 2.39 bits per heavy atom. The van der Waals surface area contributed by atoms with E-state index in [1.165, 1.54) is 12.0 Å². The lowest BCUT2D eigenvalue weighted by Gasteiger charge is -2.19. The first-order valence-corrected chi connectivity index (χ1v) is 6.03.